The van der Waals surface area contributed by atoms with Crippen molar-refractivity contribution in [3.8, 4) is 0 Å². The van der Waals surface area contributed by atoms with Crippen LogP contribution in [0.15, 0.2) is 0 Å². The van der Waals surface area contributed by atoms with E-state index < -0.39 is 0 Å². The molecule has 0 radical (unpaired) electrons. The first-order valence-corrected chi connectivity index (χ1v) is 10.2. The van der Waals surface area contributed by atoms with Crippen LogP contribution < -0.4 is 5.73 Å². The van der Waals surface area contributed by atoms with Gasteiger partial charge in [-0.05, 0) is 87.4 Å². The van der Waals surface area contributed by atoms with E-state index in [9.17, 15) is 4.79 Å². The number of halogens is 1. The van der Waals surface area contributed by atoms with Crippen LogP contribution in [-0.4, -0.2) is 29.4 Å². The maximum Gasteiger partial charge on any atom is 0.225 e. The van der Waals surface area contributed by atoms with Gasteiger partial charge in [-0.15, -0.1) is 12.4 Å². The van der Waals surface area contributed by atoms with Crippen LogP contribution in [0.5, 0.6) is 0 Å². The average Bonchev–Trinajstić information content (AvgIpc) is 2.70. The summed E-state index contributed by atoms with van der Waals surface area (Å²) in [5.41, 5.74) is 6.43. The van der Waals surface area contributed by atoms with Gasteiger partial charge in [0.25, 0.3) is 0 Å². The second-order valence-corrected chi connectivity index (χ2v) is 9.62. The molecule has 24 heavy (non-hydrogen) atoms. The molecule has 2 N–H and O–H groups in total. The molecular formula is C20H33ClN2O. The highest BCUT2D eigenvalue weighted by atomic mass is 35.5. The SMILES string of the molecule is Cl.NC1C2CCCC1CC(C(=O)N1CC3CC4CC(C3)CC1C4)C2. The Hall–Kier alpha value is -0.280. The Morgan fingerprint density at radius 3 is 2.04 bits per heavy atom. The van der Waals surface area contributed by atoms with Crippen LogP contribution in [0.3, 0.4) is 0 Å². The summed E-state index contributed by atoms with van der Waals surface area (Å²) in [6.45, 7) is 1.08. The maximum absolute atomic E-state index is 13.4. The summed E-state index contributed by atoms with van der Waals surface area (Å²) in [6, 6.07) is 0.956. The number of hydrogen-bond acceptors (Lipinski definition) is 2. The molecule has 0 aromatic heterocycles. The lowest BCUT2D eigenvalue weighted by Gasteiger charge is -2.45. The van der Waals surface area contributed by atoms with Crippen molar-refractivity contribution in [2.75, 3.05) is 6.54 Å². The summed E-state index contributed by atoms with van der Waals surface area (Å²) in [7, 11) is 0. The zero-order chi connectivity index (χ0) is 15.6. The van der Waals surface area contributed by atoms with E-state index in [1.807, 2.05) is 0 Å². The number of nitrogens with zero attached hydrogens (tertiary/aromatic N) is 1. The number of amides is 1. The summed E-state index contributed by atoms with van der Waals surface area (Å²) in [5.74, 6) is 4.71. The zero-order valence-corrected chi connectivity index (χ0v) is 15.6. The molecule has 4 unspecified atom stereocenters. The van der Waals surface area contributed by atoms with Crippen LogP contribution in [0.25, 0.3) is 0 Å². The molecule has 6 bridgehead atoms. The lowest BCUT2D eigenvalue weighted by Crippen LogP contribution is -2.51. The lowest BCUT2D eigenvalue weighted by atomic mass is 9.64. The van der Waals surface area contributed by atoms with Gasteiger partial charge < -0.3 is 10.6 Å². The van der Waals surface area contributed by atoms with Crippen LogP contribution in [0.2, 0.25) is 0 Å². The minimum atomic E-state index is 0. The van der Waals surface area contributed by atoms with Gasteiger partial charge in [0.15, 0.2) is 0 Å². The molecular weight excluding hydrogens is 320 g/mol. The Morgan fingerprint density at radius 1 is 0.833 bits per heavy atom. The van der Waals surface area contributed by atoms with Crippen molar-refractivity contribution in [2.24, 2.45) is 41.2 Å². The van der Waals surface area contributed by atoms with E-state index >= 15 is 0 Å². The van der Waals surface area contributed by atoms with Gasteiger partial charge in [0.05, 0.1) is 0 Å². The summed E-state index contributed by atoms with van der Waals surface area (Å²) in [6.07, 6.45) is 12.9. The fourth-order valence-electron chi connectivity index (χ4n) is 7.28. The van der Waals surface area contributed by atoms with Crippen LogP contribution in [0, 0.1) is 35.5 Å². The minimum Gasteiger partial charge on any atom is -0.339 e. The van der Waals surface area contributed by atoms with E-state index in [1.54, 1.807) is 0 Å². The molecule has 6 fully saturated rings. The van der Waals surface area contributed by atoms with E-state index in [-0.39, 0.29) is 12.4 Å². The van der Waals surface area contributed by atoms with E-state index in [2.05, 4.69) is 4.90 Å². The second kappa shape index (κ2) is 6.46. The third kappa shape index (κ3) is 2.80. The van der Waals surface area contributed by atoms with Crippen LogP contribution in [0.4, 0.5) is 0 Å². The molecule has 0 spiro atoms. The molecule has 136 valence electrons. The Bertz CT molecular complexity index is 470. The van der Waals surface area contributed by atoms with E-state index in [1.165, 1.54) is 51.4 Å². The van der Waals surface area contributed by atoms with E-state index in [4.69, 9.17) is 5.73 Å². The van der Waals surface area contributed by atoms with Crippen LogP contribution >= 0.6 is 12.4 Å². The van der Waals surface area contributed by atoms with Gasteiger partial charge in [0, 0.05) is 24.5 Å². The highest BCUT2D eigenvalue weighted by molar-refractivity contribution is 5.85. The first-order valence-electron chi connectivity index (χ1n) is 10.2. The maximum atomic E-state index is 13.4. The van der Waals surface area contributed by atoms with E-state index in [0.29, 0.717) is 35.7 Å². The third-order valence-corrected chi connectivity index (χ3v) is 8.15. The molecule has 2 aliphatic heterocycles. The molecule has 4 heteroatoms. The molecule has 4 aliphatic carbocycles. The number of nitrogens with two attached hydrogens (primary N) is 1. The molecule has 0 aromatic carbocycles. The summed E-state index contributed by atoms with van der Waals surface area (Å²) in [4.78, 5) is 15.8. The molecule has 3 nitrogen and oxygen atoms in total. The third-order valence-electron chi connectivity index (χ3n) is 8.15. The molecule has 2 saturated heterocycles. The normalized spacial score (nSPS) is 49.5. The van der Waals surface area contributed by atoms with Crippen molar-refractivity contribution in [1.29, 1.82) is 0 Å². The average molecular weight is 353 g/mol. The largest absolute Gasteiger partial charge is 0.339 e. The van der Waals surface area contributed by atoms with Gasteiger partial charge in [-0.25, -0.2) is 0 Å². The molecule has 1 amide bonds. The van der Waals surface area contributed by atoms with Gasteiger partial charge in [-0.3, -0.25) is 4.79 Å². The number of rotatable bonds is 1. The Labute approximate surface area is 152 Å². The highest BCUT2D eigenvalue weighted by Crippen LogP contribution is 2.49. The molecule has 4 saturated carbocycles. The quantitative estimate of drug-likeness (QED) is 0.783. The van der Waals surface area contributed by atoms with Gasteiger partial charge in [-0.1, -0.05) is 6.42 Å². The zero-order valence-electron chi connectivity index (χ0n) is 14.7. The van der Waals surface area contributed by atoms with Gasteiger partial charge in [0.1, 0.15) is 0 Å². The van der Waals surface area contributed by atoms with Crippen LogP contribution in [0.1, 0.15) is 64.2 Å². The Morgan fingerprint density at radius 2 is 1.42 bits per heavy atom. The Balaban J connectivity index is 0.00000146. The van der Waals surface area contributed by atoms with Crippen molar-refractivity contribution in [3.63, 3.8) is 0 Å². The van der Waals surface area contributed by atoms with Crippen molar-refractivity contribution in [3.05, 3.63) is 0 Å². The minimum absolute atomic E-state index is 0. The molecule has 4 atom stereocenters. The highest BCUT2D eigenvalue weighted by Gasteiger charge is 2.47. The number of carbonyl (C=O) groups is 1. The van der Waals surface area contributed by atoms with Crippen molar-refractivity contribution < 1.29 is 4.79 Å². The number of fused-ring (bicyclic) bond motifs is 3. The summed E-state index contributed by atoms with van der Waals surface area (Å²) < 4.78 is 0. The van der Waals surface area contributed by atoms with Crippen LogP contribution in [-0.2, 0) is 4.79 Å². The molecule has 6 aliphatic rings. The van der Waals surface area contributed by atoms with E-state index in [0.717, 1.165) is 37.1 Å². The fraction of sp³-hybridized carbons (Fsp3) is 0.950. The molecule has 2 heterocycles. The smallest absolute Gasteiger partial charge is 0.225 e. The predicted octanol–water partition coefficient (Wildman–Crippen LogP) is 3.60. The standard InChI is InChI=1S/C20H32N2O.ClH/c21-19-15-2-1-3-16(19)10-17(9-15)20(23)22-11-14-5-12-4-13(6-14)8-18(22)7-12;/h12-19H,1-11,21H2;1H. The summed E-state index contributed by atoms with van der Waals surface area (Å²) >= 11 is 0. The Kier molecular flexibility index (Phi) is 4.62. The molecule has 0 aromatic rings. The number of hydrogen-bond donors (Lipinski definition) is 1. The van der Waals surface area contributed by atoms with Crippen molar-refractivity contribution in [1.82, 2.24) is 4.90 Å². The fourth-order valence-corrected chi connectivity index (χ4v) is 7.28. The topological polar surface area (TPSA) is 46.3 Å². The summed E-state index contributed by atoms with van der Waals surface area (Å²) in [5, 5.41) is 0. The van der Waals surface area contributed by atoms with Gasteiger partial charge in [0.2, 0.25) is 5.91 Å². The second-order valence-electron chi connectivity index (χ2n) is 9.62. The van der Waals surface area contributed by atoms with Crippen molar-refractivity contribution >= 4 is 18.3 Å². The first-order chi connectivity index (χ1) is 11.2. The van der Waals surface area contributed by atoms with Gasteiger partial charge in [-0.2, -0.15) is 0 Å². The number of carbonyl (C=O) groups excluding carboxylic acids is 1. The predicted molar refractivity (Wildman–Crippen MR) is 97.8 cm³/mol. The lowest BCUT2D eigenvalue weighted by molar-refractivity contribution is -0.141. The first kappa shape index (κ1) is 17.1. The van der Waals surface area contributed by atoms with Gasteiger partial charge >= 0.3 is 0 Å². The molecule has 6 rings (SSSR count). The van der Waals surface area contributed by atoms with Crippen molar-refractivity contribution in [2.45, 2.75) is 76.3 Å². The monoisotopic (exact) mass is 352 g/mol.